The first-order chi connectivity index (χ1) is 13.6. The number of carbonyl (C=O) groups excluding carboxylic acids is 1. The molecular formula is C20H17N3O3S2. The van der Waals surface area contributed by atoms with Gasteiger partial charge >= 0.3 is 0 Å². The number of rotatable bonds is 6. The zero-order valence-electron chi connectivity index (χ0n) is 15.2. The fraction of sp³-hybridized carbons (Fsp3) is 0.150. The van der Waals surface area contributed by atoms with E-state index >= 15 is 0 Å². The van der Waals surface area contributed by atoms with Crippen molar-refractivity contribution in [3.63, 3.8) is 0 Å². The quantitative estimate of drug-likeness (QED) is 0.446. The highest BCUT2D eigenvalue weighted by molar-refractivity contribution is 8.00. The second kappa shape index (κ2) is 8.04. The van der Waals surface area contributed by atoms with Crippen molar-refractivity contribution in [1.82, 2.24) is 9.97 Å². The Morgan fingerprint density at radius 3 is 2.89 bits per heavy atom. The molecule has 1 N–H and O–H groups in total. The van der Waals surface area contributed by atoms with Gasteiger partial charge in [0.2, 0.25) is 5.91 Å². The Labute approximate surface area is 170 Å². The third-order valence-electron chi connectivity index (χ3n) is 4.02. The minimum atomic E-state index is -0.378. The highest BCUT2D eigenvalue weighted by Crippen LogP contribution is 2.30. The molecule has 1 amide bonds. The lowest BCUT2D eigenvalue weighted by atomic mass is 10.2. The van der Waals surface area contributed by atoms with Crippen LogP contribution in [0.2, 0.25) is 0 Å². The van der Waals surface area contributed by atoms with Gasteiger partial charge in [0.25, 0.3) is 5.22 Å². The van der Waals surface area contributed by atoms with Gasteiger partial charge < -0.3 is 14.5 Å². The number of fused-ring (bicyclic) bond motifs is 1. The molecule has 0 aliphatic carbocycles. The van der Waals surface area contributed by atoms with E-state index in [0.717, 1.165) is 22.5 Å². The van der Waals surface area contributed by atoms with Gasteiger partial charge in [0.15, 0.2) is 10.7 Å². The van der Waals surface area contributed by atoms with E-state index in [1.807, 2.05) is 60.8 Å². The summed E-state index contributed by atoms with van der Waals surface area (Å²) in [5.74, 6) is 0.609. The van der Waals surface area contributed by atoms with Crippen LogP contribution in [-0.2, 0) is 4.79 Å². The van der Waals surface area contributed by atoms with Crippen molar-refractivity contribution in [3.8, 4) is 17.0 Å². The molecule has 4 aromatic rings. The van der Waals surface area contributed by atoms with Crippen LogP contribution in [0.5, 0.6) is 5.75 Å². The number of para-hydroxylation sites is 2. The number of anilines is 1. The van der Waals surface area contributed by atoms with Crippen LogP contribution in [0.1, 0.15) is 6.92 Å². The number of ether oxygens (including phenoxy) is 1. The molecule has 8 heteroatoms. The zero-order valence-corrected chi connectivity index (χ0v) is 16.8. The first kappa shape index (κ1) is 18.5. The molecule has 0 saturated heterocycles. The minimum absolute atomic E-state index is 0.154. The van der Waals surface area contributed by atoms with Crippen molar-refractivity contribution in [2.45, 2.75) is 17.4 Å². The van der Waals surface area contributed by atoms with E-state index in [1.165, 1.54) is 23.1 Å². The summed E-state index contributed by atoms with van der Waals surface area (Å²) < 4.78 is 10.9. The number of methoxy groups -OCH3 is 1. The number of thiazole rings is 1. The maximum absolute atomic E-state index is 12.5. The Morgan fingerprint density at radius 2 is 2.07 bits per heavy atom. The summed E-state index contributed by atoms with van der Waals surface area (Å²) in [6, 6.07) is 15.2. The predicted octanol–water partition coefficient (Wildman–Crippen LogP) is 5.08. The molecule has 2 aromatic carbocycles. The molecule has 142 valence electrons. The van der Waals surface area contributed by atoms with Gasteiger partial charge in [0.1, 0.15) is 11.3 Å². The van der Waals surface area contributed by atoms with Crippen LogP contribution in [0.3, 0.4) is 0 Å². The van der Waals surface area contributed by atoms with E-state index < -0.39 is 0 Å². The summed E-state index contributed by atoms with van der Waals surface area (Å²) in [5, 5.41) is 5.41. The number of hydrogen-bond donors (Lipinski definition) is 1. The Balaban J connectivity index is 1.42. The second-order valence-electron chi connectivity index (χ2n) is 5.97. The third-order valence-corrected chi connectivity index (χ3v) is 5.72. The molecule has 0 aliphatic heterocycles. The van der Waals surface area contributed by atoms with Crippen molar-refractivity contribution in [3.05, 3.63) is 53.9 Å². The number of aromatic nitrogens is 2. The maximum Gasteiger partial charge on any atom is 0.257 e. The lowest BCUT2D eigenvalue weighted by molar-refractivity contribution is -0.115. The average molecular weight is 412 g/mol. The molecule has 2 aromatic heterocycles. The molecule has 4 rings (SSSR count). The Bertz CT molecular complexity index is 1090. The van der Waals surface area contributed by atoms with Crippen molar-refractivity contribution >= 4 is 45.2 Å². The van der Waals surface area contributed by atoms with Crippen LogP contribution in [0.15, 0.2) is 63.6 Å². The Hall–Kier alpha value is -2.84. The first-order valence-electron chi connectivity index (χ1n) is 8.55. The van der Waals surface area contributed by atoms with Gasteiger partial charge in [0.05, 0.1) is 18.1 Å². The third kappa shape index (κ3) is 4.02. The molecule has 0 spiro atoms. The molecule has 28 heavy (non-hydrogen) atoms. The van der Waals surface area contributed by atoms with E-state index in [-0.39, 0.29) is 11.2 Å². The van der Waals surface area contributed by atoms with E-state index in [1.54, 1.807) is 7.11 Å². The summed E-state index contributed by atoms with van der Waals surface area (Å²) in [7, 11) is 1.63. The second-order valence-corrected chi connectivity index (χ2v) is 8.12. The van der Waals surface area contributed by atoms with Crippen LogP contribution in [0.4, 0.5) is 5.13 Å². The number of nitrogens with zero attached hydrogens (tertiary/aromatic N) is 2. The van der Waals surface area contributed by atoms with Crippen LogP contribution in [-0.4, -0.2) is 28.2 Å². The summed E-state index contributed by atoms with van der Waals surface area (Å²) in [5.41, 5.74) is 3.21. The van der Waals surface area contributed by atoms with Crippen LogP contribution in [0, 0.1) is 0 Å². The normalized spacial score (nSPS) is 12.1. The number of carbonyl (C=O) groups is 1. The fourth-order valence-corrected chi connectivity index (χ4v) is 4.04. The number of thioether (sulfide) groups is 1. The average Bonchev–Trinajstić information content (AvgIpc) is 3.34. The Kier molecular flexibility index (Phi) is 5.31. The smallest absolute Gasteiger partial charge is 0.257 e. The largest absolute Gasteiger partial charge is 0.497 e. The van der Waals surface area contributed by atoms with Gasteiger partial charge in [0, 0.05) is 10.9 Å². The van der Waals surface area contributed by atoms with Gasteiger partial charge in [-0.15, -0.1) is 11.3 Å². The van der Waals surface area contributed by atoms with Gasteiger partial charge in [-0.1, -0.05) is 36.0 Å². The molecule has 6 nitrogen and oxygen atoms in total. The molecule has 0 bridgehead atoms. The summed E-state index contributed by atoms with van der Waals surface area (Å²) in [6.45, 7) is 1.81. The fourth-order valence-electron chi connectivity index (χ4n) is 2.56. The number of hydrogen-bond acceptors (Lipinski definition) is 7. The number of benzene rings is 2. The van der Waals surface area contributed by atoms with Crippen molar-refractivity contribution < 1.29 is 13.9 Å². The van der Waals surface area contributed by atoms with E-state index in [2.05, 4.69) is 15.3 Å². The predicted molar refractivity (Wildman–Crippen MR) is 112 cm³/mol. The zero-order chi connectivity index (χ0) is 19.5. The maximum atomic E-state index is 12.5. The van der Waals surface area contributed by atoms with Crippen molar-refractivity contribution in [1.29, 1.82) is 0 Å². The lowest BCUT2D eigenvalue weighted by Gasteiger charge is -2.07. The van der Waals surface area contributed by atoms with Crippen molar-refractivity contribution in [2.24, 2.45) is 0 Å². The number of oxazole rings is 1. The first-order valence-corrected chi connectivity index (χ1v) is 10.3. The molecule has 1 atom stereocenters. The minimum Gasteiger partial charge on any atom is -0.497 e. The monoisotopic (exact) mass is 411 g/mol. The van der Waals surface area contributed by atoms with Crippen LogP contribution in [0.25, 0.3) is 22.4 Å². The topological polar surface area (TPSA) is 77.2 Å². The van der Waals surface area contributed by atoms with Gasteiger partial charge in [-0.3, -0.25) is 4.79 Å². The molecule has 0 aliphatic rings. The number of nitrogens with one attached hydrogen (secondary N) is 1. The highest BCUT2D eigenvalue weighted by Gasteiger charge is 2.19. The molecule has 0 radical (unpaired) electrons. The van der Waals surface area contributed by atoms with Gasteiger partial charge in [-0.05, 0) is 31.2 Å². The summed E-state index contributed by atoms with van der Waals surface area (Å²) in [6.07, 6.45) is 0. The lowest BCUT2D eigenvalue weighted by Crippen LogP contribution is -2.22. The number of amides is 1. The molecule has 1 unspecified atom stereocenters. The van der Waals surface area contributed by atoms with Gasteiger partial charge in [-0.25, -0.2) is 9.97 Å². The van der Waals surface area contributed by atoms with Gasteiger partial charge in [-0.2, -0.15) is 0 Å². The highest BCUT2D eigenvalue weighted by atomic mass is 32.2. The SMILES string of the molecule is COc1cccc(-c2csc(NC(=O)C(C)Sc3nc4ccccc4o3)n2)c1. The van der Waals surface area contributed by atoms with Crippen LogP contribution >= 0.6 is 23.1 Å². The molecule has 0 fully saturated rings. The summed E-state index contributed by atoms with van der Waals surface area (Å²) >= 11 is 2.66. The van der Waals surface area contributed by atoms with E-state index in [4.69, 9.17) is 9.15 Å². The molecular weight excluding hydrogens is 394 g/mol. The molecule has 2 heterocycles. The van der Waals surface area contributed by atoms with Crippen molar-refractivity contribution in [2.75, 3.05) is 12.4 Å². The Morgan fingerprint density at radius 1 is 1.21 bits per heavy atom. The van der Waals surface area contributed by atoms with E-state index in [0.29, 0.717) is 15.9 Å². The molecule has 0 saturated carbocycles. The standard InChI is InChI=1S/C20H17N3O3S2/c1-12(28-20-22-15-8-3-4-9-17(15)26-20)18(24)23-19-21-16(11-27-19)13-6-5-7-14(10-13)25-2/h3-12H,1-2H3,(H,21,23,24). The summed E-state index contributed by atoms with van der Waals surface area (Å²) in [4.78, 5) is 21.4. The van der Waals surface area contributed by atoms with Crippen LogP contribution < -0.4 is 10.1 Å². The van der Waals surface area contributed by atoms with E-state index in [9.17, 15) is 4.79 Å².